The molecule has 5 heteroatoms. The monoisotopic (exact) mass is 324 g/mol. The van der Waals surface area contributed by atoms with Crippen molar-refractivity contribution in [2.45, 2.75) is 31.7 Å². The maximum Gasteiger partial charge on any atom is 0.222 e. The Labute approximate surface area is 135 Å². The van der Waals surface area contributed by atoms with Gasteiger partial charge in [-0.3, -0.25) is 4.79 Å². The maximum absolute atomic E-state index is 12.1. The van der Waals surface area contributed by atoms with Crippen molar-refractivity contribution in [3.8, 4) is 0 Å². The highest BCUT2D eigenvalue weighted by molar-refractivity contribution is 7.17. The van der Waals surface area contributed by atoms with E-state index in [1.165, 1.54) is 15.6 Å². The third-order valence-corrected chi connectivity index (χ3v) is 4.99. The van der Waals surface area contributed by atoms with Crippen LogP contribution in [0.15, 0.2) is 29.6 Å². The van der Waals surface area contributed by atoms with Crippen LogP contribution in [0.4, 0.5) is 0 Å². The summed E-state index contributed by atoms with van der Waals surface area (Å²) in [4.78, 5) is 14.0. The number of halogens is 1. The van der Waals surface area contributed by atoms with Crippen molar-refractivity contribution in [1.82, 2.24) is 4.90 Å². The molecule has 1 fully saturated rings. The first-order valence-corrected chi connectivity index (χ1v) is 8.10. The predicted molar refractivity (Wildman–Crippen MR) is 91.2 cm³/mol. The summed E-state index contributed by atoms with van der Waals surface area (Å²) >= 11 is 1.79. The molecule has 21 heavy (non-hydrogen) atoms. The molecule has 2 heterocycles. The Morgan fingerprint density at radius 3 is 2.95 bits per heavy atom. The fourth-order valence-electron chi connectivity index (χ4n) is 2.83. The molecule has 0 unspecified atom stereocenters. The Bertz CT molecular complexity index is 613. The summed E-state index contributed by atoms with van der Waals surface area (Å²) in [6.45, 7) is 1.57. The number of carbonyl (C=O) groups excluding carboxylic acids is 1. The van der Waals surface area contributed by atoms with Crippen molar-refractivity contribution in [2.24, 2.45) is 5.73 Å². The second kappa shape index (κ2) is 7.25. The number of rotatable bonds is 4. The van der Waals surface area contributed by atoms with Crippen molar-refractivity contribution in [3.05, 3.63) is 35.2 Å². The van der Waals surface area contributed by atoms with Gasteiger partial charge in [-0.1, -0.05) is 18.2 Å². The summed E-state index contributed by atoms with van der Waals surface area (Å²) in [5.41, 5.74) is 7.21. The summed E-state index contributed by atoms with van der Waals surface area (Å²) in [6.07, 6.45) is 3.48. The third-order valence-electron chi connectivity index (χ3n) is 3.98. The molecule has 1 saturated heterocycles. The van der Waals surface area contributed by atoms with Crippen LogP contribution in [0.3, 0.4) is 0 Å². The van der Waals surface area contributed by atoms with Gasteiger partial charge in [-0.2, -0.15) is 0 Å². The van der Waals surface area contributed by atoms with E-state index in [-0.39, 0.29) is 24.4 Å². The minimum absolute atomic E-state index is 0. The van der Waals surface area contributed by atoms with E-state index in [1.807, 2.05) is 4.90 Å². The molecule has 0 bridgehead atoms. The van der Waals surface area contributed by atoms with Gasteiger partial charge in [0.25, 0.3) is 0 Å². The normalized spacial score (nSPS) is 18.0. The van der Waals surface area contributed by atoms with Gasteiger partial charge in [-0.15, -0.1) is 23.7 Å². The van der Waals surface area contributed by atoms with Crippen LogP contribution in [-0.2, 0) is 11.2 Å². The van der Waals surface area contributed by atoms with E-state index in [0.29, 0.717) is 6.42 Å². The number of hydrogen-bond acceptors (Lipinski definition) is 3. The molecule has 1 aliphatic heterocycles. The van der Waals surface area contributed by atoms with Gasteiger partial charge in [-0.05, 0) is 41.7 Å². The lowest BCUT2D eigenvalue weighted by molar-refractivity contribution is -0.130. The molecule has 2 aromatic rings. The molecular weight excluding hydrogens is 304 g/mol. The molecular formula is C16H21ClN2OS. The SMILES string of the molecule is Cl.N[C@@H]1CCN(C(=O)CCCc2csc3ccccc23)C1. The van der Waals surface area contributed by atoms with E-state index in [0.717, 1.165) is 32.4 Å². The van der Waals surface area contributed by atoms with Crippen LogP contribution in [0.5, 0.6) is 0 Å². The third kappa shape index (κ3) is 3.76. The molecule has 1 aromatic heterocycles. The van der Waals surface area contributed by atoms with Crippen molar-refractivity contribution < 1.29 is 4.79 Å². The number of likely N-dealkylation sites (tertiary alicyclic amines) is 1. The largest absolute Gasteiger partial charge is 0.341 e. The van der Waals surface area contributed by atoms with Crippen LogP contribution in [0.2, 0.25) is 0 Å². The average Bonchev–Trinajstić information content (AvgIpc) is 3.06. The van der Waals surface area contributed by atoms with Gasteiger partial charge in [0.05, 0.1) is 0 Å². The highest BCUT2D eigenvalue weighted by atomic mass is 35.5. The van der Waals surface area contributed by atoms with E-state index >= 15 is 0 Å². The predicted octanol–water partition coefficient (Wildman–Crippen LogP) is 3.21. The number of carbonyl (C=O) groups is 1. The fourth-order valence-corrected chi connectivity index (χ4v) is 3.83. The fraction of sp³-hybridized carbons (Fsp3) is 0.438. The van der Waals surface area contributed by atoms with E-state index in [2.05, 4.69) is 29.6 Å². The number of hydrogen-bond donors (Lipinski definition) is 1. The zero-order valence-corrected chi connectivity index (χ0v) is 13.6. The Morgan fingerprint density at radius 2 is 2.19 bits per heavy atom. The van der Waals surface area contributed by atoms with Crippen LogP contribution in [0.1, 0.15) is 24.8 Å². The van der Waals surface area contributed by atoms with Crippen LogP contribution in [0, 0.1) is 0 Å². The highest BCUT2D eigenvalue weighted by Crippen LogP contribution is 2.26. The number of benzene rings is 1. The van der Waals surface area contributed by atoms with Gasteiger partial charge in [-0.25, -0.2) is 0 Å². The number of fused-ring (bicyclic) bond motifs is 1. The van der Waals surface area contributed by atoms with Gasteiger partial charge in [0, 0.05) is 30.3 Å². The Balaban J connectivity index is 0.00000161. The molecule has 0 spiro atoms. The van der Waals surface area contributed by atoms with Gasteiger partial charge in [0.1, 0.15) is 0 Å². The average molecular weight is 325 g/mol. The molecule has 3 nitrogen and oxygen atoms in total. The van der Waals surface area contributed by atoms with Gasteiger partial charge < -0.3 is 10.6 Å². The van der Waals surface area contributed by atoms with Gasteiger partial charge >= 0.3 is 0 Å². The van der Waals surface area contributed by atoms with Gasteiger partial charge in [0.15, 0.2) is 0 Å². The zero-order chi connectivity index (χ0) is 13.9. The Hall–Kier alpha value is -1.10. The molecule has 3 rings (SSSR count). The van der Waals surface area contributed by atoms with Crippen molar-refractivity contribution >= 4 is 39.7 Å². The van der Waals surface area contributed by atoms with Crippen LogP contribution in [-0.4, -0.2) is 29.9 Å². The second-order valence-corrected chi connectivity index (χ2v) is 6.41. The molecule has 1 aromatic carbocycles. The number of nitrogens with zero attached hydrogens (tertiary/aromatic N) is 1. The zero-order valence-electron chi connectivity index (χ0n) is 12.0. The van der Waals surface area contributed by atoms with Crippen LogP contribution in [0.25, 0.3) is 10.1 Å². The number of aryl methyl sites for hydroxylation is 1. The Morgan fingerprint density at radius 1 is 1.38 bits per heavy atom. The first-order valence-electron chi connectivity index (χ1n) is 7.22. The molecule has 2 N–H and O–H groups in total. The molecule has 1 aliphatic rings. The lowest BCUT2D eigenvalue weighted by atomic mass is 10.1. The summed E-state index contributed by atoms with van der Waals surface area (Å²) in [5, 5.41) is 3.56. The minimum Gasteiger partial charge on any atom is -0.341 e. The first-order chi connectivity index (χ1) is 9.74. The Kier molecular flexibility index (Phi) is 5.62. The number of amides is 1. The molecule has 0 aliphatic carbocycles. The summed E-state index contributed by atoms with van der Waals surface area (Å²) in [7, 11) is 0. The number of nitrogens with two attached hydrogens (primary N) is 1. The standard InChI is InChI=1S/C16H20N2OS.ClH/c17-13-8-9-18(10-13)16(19)7-3-4-12-11-20-15-6-2-1-5-14(12)15;/h1-2,5-6,11,13H,3-4,7-10,17H2;1H/t13-;/m1./s1. The van der Waals surface area contributed by atoms with Crippen molar-refractivity contribution in [1.29, 1.82) is 0 Å². The lowest BCUT2D eigenvalue weighted by Crippen LogP contribution is -2.31. The molecule has 114 valence electrons. The molecule has 1 amide bonds. The maximum atomic E-state index is 12.1. The smallest absolute Gasteiger partial charge is 0.222 e. The van der Waals surface area contributed by atoms with E-state index in [9.17, 15) is 4.79 Å². The van der Waals surface area contributed by atoms with Crippen LogP contribution >= 0.6 is 23.7 Å². The second-order valence-electron chi connectivity index (χ2n) is 5.50. The van der Waals surface area contributed by atoms with Crippen molar-refractivity contribution in [3.63, 3.8) is 0 Å². The molecule has 0 radical (unpaired) electrons. The minimum atomic E-state index is 0. The van der Waals surface area contributed by atoms with E-state index in [1.54, 1.807) is 11.3 Å². The highest BCUT2D eigenvalue weighted by Gasteiger charge is 2.22. The summed E-state index contributed by atoms with van der Waals surface area (Å²) in [5.74, 6) is 0.262. The van der Waals surface area contributed by atoms with Crippen molar-refractivity contribution in [2.75, 3.05) is 13.1 Å². The van der Waals surface area contributed by atoms with E-state index in [4.69, 9.17) is 5.73 Å². The number of thiophene rings is 1. The summed E-state index contributed by atoms with van der Waals surface area (Å²) < 4.78 is 1.33. The van der Waals surface area contributed by atoms with Gasteiger partial charge in [0.2, 0.25) is 5.91 Å². The van der Waals surface area contributed by atoms with Crippen LogP contribution < -0.4 is 5.73 Å². The van der Waals surface area contributed by atoms with E-state index < -0.39 is 0 Å². The molecule has 0 saturated carbocycles. The molecule has 1 atom stereocenters. The topological polar surface area (TPSA) is 46.3 Å². The quantitative estimate of drug-likeness (QED) is 0.938. The summed E-state index contributed by atoms with van der Waals surface area (Å²) in [6, 6.07) is 8.65. The lowest BCUT2D eigenvalue weighted by Gasteiger charge is -2.15. The first kappa shape index (κ1) is 16.3.